The molecule has 0 saturated heterocycles. The van der Waals surface area contributed by atoms with Gasteiger partial charge in [-0.15, -0.1) is 0 Å². The van der Waals surface area contributed by atoms with Gasteiger partial charge in [-0.25, -0.2) is 0 Å². The molecule has 0 bridgehead atoms. The molecule has 7 nitrogen and oxygen atoms in total. The van der Waals surface area contributed by atoms with E-state index in [0.29, 0.717) is 16.3 Å². The molecule has 0 atom stereocenters. The number of benzene rings is 3. The molecule has 2 amide bonds. The van der Waals surface area contributed by atoms with Crippen molar-refractivity contribution >= 4 is 40.6 Å². The summed E-state index contributed by atoms with van der Waals surface area (Å²) in [6.07, 6.45) is 0. The molecule has 0 aliphatic heterocycles. The summed E-state index contributed by atoms with van der Waals surface area (Å²) >= 11 is 1.27. The monoisotopic (exact) mass is 421 g/mol. The van der Waals surface area contributed by atoms with Crippen LogP contribution in [0.15, 0.2) is 76.5 Å². The highest BCUT2D eigenvalue weighted by atomic mass is 32.2. The number of nitrogens with one attached hydrogen (secondary N) is 2. The number of nitrogens with zero attached hydrogens (tertiary/aromatic N) is 1. The van der Waals surface area contributed by atoms with Gasteiger partial charge in [-0.3, -0.25) is 19.7 Å². The SMILES string of the molecule is CC(=O)Nc1cccc(NC(=O)c2ccc(Sc3ccc(C)cc3)c([N+](=O)[O-])c2)c1. The summed E-state index contributed by atoms with van der Waals surface area (Å²) < 4.78 is 0. The van der Waals surface area contributed by atoms with E-state index in [9.17, 15) is 19.7 Å². The molecule has 0 saturated carbocycles. The van der Waals surface area contributed by atoms with Crippen LogP contribution in [0.5, 0.6) is 0 Å². The zero-order valence-electron chi connectivity index (χ0n) is 16.3. The Hall–Kier alpha value is -3.65. The third kappa shape index (κ3) is 5.45. The van der Waals surface area contributed by atoms with Gasteiger partial charge in [0.2, 0.25) is 5.91 Å². The Balaban J connectivity index is 1.81. The number of hydrogen-bond acceptors (Lipinski definition) is 5. The summed E-state index contributed by atoms with van der Waals surface area (Å²) in [4.78, 5) is 36.2. The Bertz CT molecular complexity index is 1110. The number of carbonyl (C=O) groups is 2. The lowest BCUT2D eigenvalue weighted by Crippen LogP contribution is -2.13. The minimum Gasteiger partial charge on any atom is -0.326 e. The maximum absolute atomic E-state index is 12.6. The molecule has 3 rings (SSSR count). The first kappa shape index (κ1) is 21.1. The van der Waals surface area contributed by atoms with Crippen LogP contribution in [0.3, 0.4) is 0 Å². The lowest BCUT2D eigenvalue weighted by Gasteiger charge is -2.09. The first-order valence-corrected chi connectivity index (χ1v) is 9.85. The van der Waals surface area contributed by atoms with Gasteiger partial charge >= 0.3 is 0 Å². The molecule has 0 heterocycles. The lowest BCUT2D eigenvalue weighted by atomic mass is 10.2. The highest BCUT2D eigenvalue weighted by Crippen LogP contribution is 2.35. The van der Waals surface area contributed by atoms with Crippen molar-refractivity contribution in [3.8, 4) is 0 Å². The van der Waals surface area contributed by atoms with Gasteiger partial charge in [-0.1, -0.05) is 35.5 Å². The van der Waals surface area contributed by atoms with Crippen molar-refractivity contribution in [2.45, 2.75) is 23.6 Å². The molecule has 0 radical (unpaired) electrons. The van der Waals surface area contributed by atoms with Crippen molar-refractivity contribution in [1.29, 1.82) is 0 Å². The zero-order valence-corrected chi connectivity index (χ0v) is 17.2. The topological polar surface area (TPSA) is 101 Å². The predicted octanol–water partition coefficient (Wildman–Crippen LogP) is 5.27. The van der Waals surface area contributed by atoms with Gasteiger partial charge in [-0.05, 0) is 49.4 Å². The van der Waals surface area contributed by atoms with E-state index in [1.165, 1.54) is 24.8 Å². The van der Waals surface area contributed by atoms with Crippen molar-refractivity contribution in [1.82, 2.24) is 0 Å². The van der Waals surface area contributed by atoms with Gasteiger partial charge < -0.3 is 10.6 Å². The third-order valence-electron chi connectivity index (χ3n) is 4.11. The van der Waals surface area contributed by atoms with Gasteiger partial charge in [0.05, 0.1) is 9.82 Å². The van der Waals surface area contributed by atoms with Crippen LogP contribution in [0.1, 0.15) is 22.8 Å². The molecule has 0 aliphatic rings. The molecular formula is C22H19N3O4S. The average molecular weight is 421 g/mol. The minimum absolute atomic E-state index is 0.139. The standard InChI is InChI=1S/C22H19N3O4S/c1-14-6-9-19(10-7-14)30-21-11-8-16(12-20(21)25(28)29)22(27)24-18-5-3-4-17(13-18)23-15(2)26/h3-13H,1-2H3,(H,23,26)(H,24,27). The summed E-state index contributed by atoms with van der Waals surface area (Å²) in [7, 11) is 0. The van der Waals surface area contributed by atoms with Crippen molar-refractivity contribution in [2.75, 3.05) is 10.6 Å². The number of nitro groups is 1. The summed E-state index contributed by atoms with van der Waals surface area (Å²) in [5, 5.41) is 16.9. The molecule has 30 heavy (non-hydrogen) atoms. The van der Waals surface area contributed by atoms with Gasteiger partial charge in [0, 0.05) is 34.8 Å². The Morgan fingerprint density at radius 1 is 0.933 bits per heavy atom. The fourth-order valence-corrected chi connectivity index (χ4v) is 3.60. The van der Waals surface area contributed by atoms with E-state index in [1.54, 1.807) is 36.4 Å². The summed E-state index contributed by atoms with van der Waals surface area (Å²) in [5.41, 5.74) is 2.13. The normalized spacial score (nSPS) is 10.3. The van der Waals surface area contributed by atoms with Gasteiger partial charge in [0.15, 0.2) is 0 Å². The number of amides is 2. The Kier molecular flexibility index (Phi) is 6.48. The number of carbonyl (C=O) groups excluding carboxylic acids is 2. The third-order valence-corrected chi connectivity index (χ3v) is 5.18. The van der Waals surface area contributed by atoms with Crippen LogP contribution in [-0.2, 0) is 4.79 Å². The Labute approximate surface area is 177 Å². The van der Waals surface area contributed by atoms with Crippen molar-refractivity contribution in [3.05, 3.63) is 88.0 Å². The highest BCUT2D eigenvalue weighted by molar-refractivity contribution is 7.99. The molecule has 0 aromatic heterocycles. The van der Waals surface area contributed by atoms with Crippen LogP contribution < -0.4 is 10.6 Å². The minimum atomic E-state index is -0.495. The lowest BCUT2D eigenvalue weighted by molar-refractivity contribution is -0.387. The quantitative estimate of drug-likeness (QED) is 0.417. The molecular weight excluding hydrogens is 402 g/mol. The molecule has 2 N–H and O–H groups in total. The molecule has 0 spiro atoms. The van der Waals surface area contributed by atoms with Gasteiger partial charge in [0.25, 0.3) is 11.6 Å². The van der Waals surface area contributed by atoms with E-state index < -0.39 is 10.8 Å². The van der Waals surface area contributed by atoms with E-state index in [-0.39, 0.29) is 17.2 Å². The van der Waals surface area contributed by atoms with Crippen molar-refractivity contribution in [2.24, 2.45) is 0 Å². The first-order valence-electron chi connectivity index (χ1n) is 9.04. The number of anilines is 2. The Morgan fingerprint density at radius 2 is 1.60 bits per heavy atom. The molecule has 3 aromatic carbocycles. The van der Waals surface area contributed by atoms with E-state index >= 15 is 0 Å². The molecule has 0 unspecified atom stereocenters. The second kappa shape index (κ2) is 9.23. The molecule has 0 fully saturated rings. The average Bonchev–Trinajstić information content (AvgIpc) is 2.69. The van der Waals surface area contributed by atoms with Crippen LogP contribution in [0.2, 0.25) is 0 Å². The predicted molar refractivity (Wildman–Crippen MR) is 117 cm³/mol. The van der Waals surface area contributed by atoms with Gasteiger partial charge in [-0.2, -0.15) is 0 Å². The van der Waals surface area contributed by atoms with Crippen molar-refractivity contribution < 1.29 is 14.5 Å². The number of nitro benzene ring substituents is 1. The van der Waals surface area contributed by atoms with Crippen LogP contribution in [-0.4, -0.2) is 16.7 Å². The van der Waals surface area contributed by atoms with Gasteiger partial charge in [0.1, 0.15) is 0 Å². The molecule has 3 aromatic rings. The summed E-state index contributed by atoms with van der Waals surface area (Å²) in [6.45, 7) is 3.36. The molecule has 8 heteroatoms. The van der Waals surface area contributed by atoms with Crippen LogP contribution in [0, 0.1) is 17.0 Å². The summed E-state index contributed by atoms with van der Waals surface area (Å²) in [6, 6.07) is 18.7. The van der Waals surface area contributed by atoms with Crippen LogP contribution in [0.25, 0.3) is 0 Å². The van der Waals surface area contributed by atoms with E-state index in [0.717, 1.165) is 10.5 Å². The first-order chi connectivity index (χ1) is 14.3. The van der Waals surface area contributed by atoms with Crippen LogP contribution in [0.4, 0.5) is 17.1 Å². The zero-order chi connectivity index (χ0) is 21.7. The highest BCUT2D eigenvalue weighted by Gasteiger charge is 2.19. The van der Waals surface area contributed by atoms with Crippen molar-refractivity contribution in [3.63, 3.8) is 0 Å². The molecule has 152 valence electrons. The smallest absolute Gasteiger partial charge is 0.284 e. The Morgan fingerprint density at radius 3 is 2.23 bits per heavy atom. The van der Waals surface area contributed by atoms with E-state index in [2.05, 4.69) is 10.6 Å². The number of aryl methyl sites for hydroxylation is 1. The fraction of sp³-hybridized carbons (Fsp3) is 0.0909. The summed E-state index contributed by atoms with van der Waals surface area (Å²) in [5.74, 6) is -0.708. The maximum atomic E-state index is 12.6. The van der Waals surface area contributed by atoms with E-state index in [4.69, 9.17) is 0 Å². The second-order valence-corrected chi connectivity index (χ2v) is 7.69. The van der Waals surface area contributed by atoms with Crippen LogP contribution >= 0.6 is 11.8 Å². The fourth-order valence-electron chi connectivity index (χ4n) is 2.70. The number of rotatable bonds is 6. The number of hydrogen-bond donors (Lipinski definition) is 2. The maximum Gasteiger partial charge on any atom is 0.284 e. The largest absolute Gasteiger partial charge is 0.326 e. The van der Waals surface area contributed by atoms with E-state index in [1.807, 2.05) is 31.2 Å². The molecule has 0 aliphatic carbocycles. The second-order valence-electron chi connectivity index (χ2n) is 6.57.